The molecule has 428 valence electrons. The summed E-state index contributed by atoms with van der Waals surface area (Å²) >= 11 is 3.58. The highest BCUT2D eigenvalue weighted by Gasteiger charge is 2.20. The molecule has 0 unspecified atom stereocenters. The number of fused-ring (bicyclic) bond motifs is 12. The summed E-state index contributed by atoms with van der Waals surface area (Å²) < 4.78 is 16.0. The van der Waals surface area contributed by atoms with Crippen molar-refractivity contribution in [2.24, 2.45) is 0 Å². The van der Waals surface area contributed by atoms with Crippen LogP contribution in [0.1, 0.15) is 7.43 Å². The lowest BCUT2D eigenvalue weighted by Crippen LogP contribution is -1.98. The van der Waals surface area contributed by atoms with Crippen molar-refractivity contribution in [2.45, 2.75) is 7.43 Å². The van der Waals surface area contributed by atoms with Crippen molar-refractivity contribution in [3.63, 3.8) is 0 Å². The lowest BCUT2D eigenvalue weighted by atomic mass is 10.0. The lowest BCUT2D eigenvalue weighted by molar-refractivity contribution is 0.669. The van der Waals surface area contributed by atoms with Crippen molar-refractivity contribution in [2.75, 3.05) is 0 Å². The van der Waals surface area contributed by atoms with E-state index in [2.05, 4.69) is 226 Å². The maximum atomic E-state index is 6.42. The van der Waals surface area contributed by atoms with Gasteiger partial charge in [-0.3, -0.25) is 0 Å². The molecule has 0 spiro atoms. The van der Waals surface area contributed by atoms with Gasteiger partial charge in [-0.2, -0.15) is 0 Å². The van der Waals surface area contributed by atoms with Gasteiger partial charge in [-0.15, -0.1) is 0 Å². The Morgan fingerprint density at radius 1 is 0.300 bits per heavy atom. The predicted octanol–water partition coefficient (Wildman–Crippen LogP) is 22.6. The van der Waals surface area contributed by atoms with E-state index in [1.54, 1.807) is 0 Å². The fourth-order valence-electron chi connectivity index (χ4n) is 12.2. The van der Waals surface area contributed by atoms with Crippen LogP contribution in [0.2, 0.25) is 0 Å². The number of benzene rings is 12. The van der Waals surface area contributed by atoms with Crippen molar-refractivity contribution < 1.29 is 8.83 Å². The van der Waals surface area contributed by atoms with E-state index < -0.39 is 0 Å². The van der Waals surface area contributed by atoms with Gasteiger partial charge in [-0.25, -0.2) is 19.9 Å². The SMILES string of the molecule is Brc1cccc(-c2cc(-c3cccc4c3oc3ccccc34)nc(-c3ccccc3)n2)c1.C.c1ccc(-c2nc(-c3cccc(-n4c5ccccc5c5ccccc54)c3)cc(-c3cccc4c3oc3ccccc34)n2)cc1.c1ccc2c(c1)[nH]c1ccccc12. The van der Waals surface area contributed by atoms with Gasteiger partial charge >= 0.3 is 0 Å². The summed E-state index contributed by atoms with van der Waals surface area (Å²) in [5.74, 6) is 1.36. The number of furan rings is 2. The van der Waals surface area contributed by atoms with Gasteiger partial charge in [-0.05, 0) is 84.9 Å². The van der Waals surface area contributed by atoms with Gasteiger partial charge < -0.3 is 18.4 Å². The Balaban J connectivity index is 0.000000128. The second-order valence-electron chi connectivity index (χ2n) is 21.9. The Labute approximate surface area is 527 Å². The molecule has 0 saturated heterocycles. The number of aromatic nitrogens is 6. The minimum atomic E-state index is 0. The molecule has 0 amide bonds. The van der Waals surface area contributed by atoms with E-state index in [-0.39, 0.29) is 7.43 Å². The summed E-state index contributed by atoms with van der Waals surface area (Å²) in [7, 11) is 0. The largest absolute Gasteiger partial charge is 0.455 e. The number of hydrogen-bond donors (Lipinski definition) is 1. The van der Waals surface area contributed by atoms with Crippen molar-refractivity contribution >= 4 is 103 Å². The first kappa shape index (κ1) is 55.1. The summed E-state index contributed by atoms with van der Waals surface area (Å²) in [6.07, 6.45) is 0. The van der Waals surface area contributed by atoms with Gasteiger partial charge in [0, 0.05) is 97.7 Å². The van der Waals surface area contributed by atoms with Gasteiger partial charge in [0.25, 0.3) is 0 Å². The van der Waals surface area contributed by atoms with E-state index in [1.165, 1.54) is 43.6 Å². The molecule has 6 heterocycles. The molecule has 8 nitrogen and oxygen atoms in total. The Bertz CT molecular complexity index is 5570. The molecule has 9 heteroatoms. The first-order valence-corrected chi connectivity index (χ1v) is 30.3. The molecule has 0 atom stereocenters. The summed E-state index contributed by atoms with van der Waals surface area (Å²) in [6.45, 7) is 0. The molecular weight excluding hydrogens is 1170 g/mol. The predicted molar refractivity (Wildman–Crippen MR) is 376 cm³/mol. The molecule has 12 aromatic carbocycles. The Morgan fingerprint density at radius 2 is 0.678 bits per heavy atom. The molecule has 0 saturated carbocycles. The number of rotatable bonds is 7. The quantitative estimate of drug-likeness (QED) is 0.171. The summed E-state index contributed by atoms with van der Waals surface area (Å²) in [4.78, 5) is 23.5. The van der Waals surface area contributed by atoms with Gasteiger partial charge in [0.05, 0.1) is 33.8 Å². The maximum absolute atomic E-state index is 6.42. The first-order chi connectivity index (χ1) is 44.0. The van der Waals surface area contributed by atoms with Gasteiger partial charge in [-0.1, -0.05) is 242 Å². The van der Waals surface area contributed by atoms with E-state index in [9.17, 15) is 0 Å². The zero-order valence-corrected chi connectivity index (χ0v) is 49.4. The van der Waals surface area contributed by atoms with Crippen LogP contribution in [0.4, 0.5) is 0 Å². The fourth-order valence-corrected chi connectivity index (χ4v) is 12.6. The highest BCUT2D eigenvalue weighted by molar-refractivity contribution is 9.10. The van der Waals surface area contributed by atoms with Crippen LogP contribution in [-0.4, -0.2) is 29.5 Å². The Kier molecular flexibility index (Phi) is 14.5. The summed E-state index contributed by atoms with van der Waals surface area (Å²) in [6, 6.07) is 104. The second kappa shape index (κ2) is 23.6. The highest BCUT2D eigenvalue weighted by Crippen LogP contribution is 2.40. The average molecular weight is 1220 g/mol. The Morgan fingerprint density at radius 3 is 1.18 bits per heavy atom. The number of para-hydroxylation sites is 8. The van der Waals surface area contributed by atoms with Crippen LogP contribution in [0.15, 0.2) is 317 Å². The van der Waals surface area contributed by atoms with Crippen molar-refractivity contribution in [3.8, 4) is 73.5 Å². The molecule has 0 aliphatic carbocycles. The van der Waals surface area contributed by atoms with E-state index in [1.807, 2.05) is 103 Å². The standard InChI is InChI=1S/C40H25N3O.C28H17BrN2O.C12H9N.CH4/c1-2-12-26(13-3-1)40-41-34(25-35(42-40)33-20-11-19-32-31-18-6-9-23-38(31)44-39(32)33)27-14-10-15-28(24-27)43-36-21-7-4-16-29(36)30-17-5-8-22-37(30)43;29-20-11-6-10-19(16-20)24-17-25(31-28(30-24)18-8-2-1-3-9-18)23-14-7-13-22-21-12-4-5-15-26(21)32-27(22)23;1-3-7-11-9(5-1)10-6-2-4-8-12(10)13-11;/h1-25H;1-17H;1-8,13H;1H4. The maximum Gasteiger partial charge on any atom is 0.160 e. The molecule has 0 fully saturated rings. The van der Waals surface area contributed by atoms with Crippen molar-refractivity contribution in [1.29, 1.82) is 0 Å². The highest BCUT2D eigenvalue weighted by atomic mass is 79.9. The van der Waals surface area contributed by atoms with Crippen LogP contribution in [0.5, 0.6) is 0 Å². The zero-order valence-electron chi connectivity index (χ0n) is 47.8. The second-order valence-corrected chi connectivity index (χ2v) is 22.8. The monoisotopic (exact) mass is 1220 g/mol. The van der Waals surface area contributed by atoms with Crippen LogP contribution < -0.4 is 0 Å². The fraction of sp³-hybridized carbons (Fsp3) is 0.0123. The average Bonchev–Trinajstić information content (AvgIpc) is 1.64. The smallest absolute Gasteiger partial charge is 0.160 e. The third kappa shape index (κ3) is 10.2. The molecule has 0 aliphatic rings. The van der Waals surface area contributed by atoms with Crippen LogP contribution in [0, 0.1) is 0 Å². The first-order valence-electron chi connectivity index (χ1n) is 29.5. The number of aromatic amines is 1. The normalized spacial score (nSPS) is 11.3. The van der Waals surface area contributed by atoms with Crippen LogP contribution in [-0.2, 0) is 0 Å². The Hall–Kier alpha value is -11.5. The molecule has 0 bridgehead atoms. The van der Waals surface area contributed by atoms with E-state index in [0.29, 0.717) is 11.6 Å². The minimum Gasteiger partial charge on any atom is -0.455 e. The summed E-state index contributed by atoms with van der Waals surface area (Å²) in [5.41, 5.74) is 18.5. The van der Waals surface area contributed by atoms with E-state index >= 15 is 0 Å². The summed E-state index contributed by atoms with van der Waals surface area (Å²) in [5, 5.41) is 9.45. The van der Waals surface area contributed by atoms with Crippen molar-refractivity contribution in [1.82, 2.24) is 29.5 Å². The van der Waals surface area contributed by atoms with Gasteiger partial charge in [0.1, 0.15) is 22.3 Å². The number of hydrogen-bond acceptors (Lipinski definition) is 6. The number of nitrogens with zero attached hydrogens (tertiary/aromatic N) is 5. The lowest BCUT2D eigenvalue weighted by Gasteiger charge is -2.12. The van der Waals surface area contributed by atoms with Crippen molar-refractivity contribution in [3.05, 3.63) is 308 Å². The van der Waals surface area contributed by atoms with Crippen LogP contribution in [0.3, 0.4) is 0 Å². The zero-order chi connectivity index (χ0) is 59.2. The molecule has 0 aliphatic heterocycles. The molecular formula is C81H55BrN6O2. The molecule has 0 radical (unpaired) electrons. The van der Waals surface area contributed by atoms with Gasteiger partial charge in [0.15, 0.2) is 11.6 Å². The van der Waals surface area contributed by atoms with Gasteiger partial charge in [0.2, 0.25) is 0 Å². The molecule has 90 heavy (non-hydrogen) atoms. The molecule has 18 aromatic rings. The van der Waals surface area contributed by atoms with Crippen LogP contribution >= 0.6 is 15.9 Å². The molecule has 6 aromatic heterocycles. The number of H-pyrrole nitrogens is 1. The molecule has 1 N–H and O–H groups in total. The molecule has 18 rings (SSSR count). The van der Waals surface area contributed by atoms with E-state index in [4.69, 9.17) is 28.8 Å². The number of halogens is 1. The number of nitrogens with one attached hydrogen (secondary N) is 1. The topological polar surface area (TPSA) is 98.6 Å². The van der Waals surface area contributed by atoms with E-state index in [0.717, 1.165) is 110 Å². The van der Waals surface area contributed by atoms with Crippen LogP contribution in [0.25, 0.3) is 161 Å². The third-order valence-electron chi connectivity index (χ3n) is 16.4. The third-order valence-corrected chi connectivity index (χ3v) is 16.9. The minimum absolute atomic E-state index is 0.